The van der Waals surface area contributed by atoms with Crippen LogP contribution in [0.25, 0.3) is 0 Å². The maximum absolute atomic E-state index is 11.5. The summed E-state index contributed by atoms with van der Waals surface area (Å²) in [5, 5.41) is 2.46. The Morgan fingerprint density at radius 1 is 1.47 bits per heavy atom. The van der Waals surface area contributed by atoms with Gasteiger partial charge in [-0.05, 0) is 25.2 Å². The molecule has 0 fully saturated rings. The number of carbonyl (C=O) groups excluding carboxylic acids is 1. The largest absolute Gasteiger partial charge is 0.341 e. The molecule has 2 N–H and O–H groups in total. The third-order valence-corrected chi connectivity index (χ3v) is 3.44. The number of nitrogens with one attached hydrogen (secondary N) is 2. The van der Waals surface area contributed by atoms with Gasteiger partial charge in [0.1, 0.15) is 0 Å². The first-order valence-corrected chi connectivity index (χ1v) is 6.25. The van der Waals surface area contributed by atoms with E-state index < -0.39 is 15.9 Å². The van der Waals surface area contributed by atoms with Crippen molar-refractivity contribution < 1.29 is 13.2 Å². The van der Waals surface area contributed by atoms with Gasteiger partial charge >= 0.3 is 0 Å². The van der Waals surface area contributed by atoms with Crippen LogP contribution >= 0.6 is 0 Å². The third-order valence-electron chi connectivity index (χ3n) is 2.03. The van der Waals surface area contributed by atoms with Crippen LogP contribution < -0.4 is 10.0 Å². The Bertz CT molecular complexity index is 558. The molecule has 0 bridgehead atoms. The van der Waals surface area contributed by atoms with Gasteiger partial charge in [-0.15, -0.1) is 6.42 Å². The van der Waals surface area contributed by atoms with E-state index in [1.54, 1.807) is 0 Å². The van der Waals surface area contributed by atoms with Crippen LogP contribution in [0.2, 0.25) is 0 Å². The van der Waals surface area contributed by atoms with Crippen molar-refractivity contribution in [2.24, 2.45) is 0 Å². The summed E-state index contributed by atoms with van der Waals surface area (Å²) in [6.45, 7) is 0.0990. The third kappa shape index (κ3) is 3.31. The molecular weight excluding hydrogens is 240 g/mol. The maximum Gasteiger partial charge on any atom is 0.252 e. The Balaban J connectivity index is 3.03. The number of carbonyl (C=O) groups is 1. The summed E-state index contributed by atoms with van der Waals surface area (Å²) in [5.41, 5.74) is 0.247. The zero-order valence-electron chi connectivity index (χ0n) is 9.23. The minimum Gasteiger partial charge on any atom is -0.341 e. The monoisotopic (exact) mass is 252 g/mol. The maximum atomic E-state index is 11.5. The van der Waals surface area contributed by atoms with Crippen molar-refractivity contribution in [2.75, 3.05) is 13.6 Å². The molecule has 1 rings (SSSR count). The molecule has 0 atom stereocenters. The zero-order chi connectivity index (χ0) is 12.9. The van der Waals surface area contributed by atoms with E-state index in [9.17, 15) is 13.2 Å². The summed E-state index contributed by atoms with van der Waals surface area (Å²) >= 11 is 0. The van der Waals surface area contributed by atoms with Crippen LogP contribution in [0.1, 0.15) is 10.4 Å². The summed E-state index contributed by atoms with van der Waals surface area (Å²) in [6, 6.07) is 5.71. The lowest BCUT2D eigenvalue weighted by atomic mass is 10.2. The molecule has 0 saturated heterocycles. The second-order valence-corrected chi connectivity index (χ2v) is 5.01. The molecule has 0 aromatic heterocycles. The average molecular weight is 252 g/mol. The molecule has 0 aliphatic carbocycles. The Morgan fingerprint density at radius 3 is 2.76 bits per heavy atom. The highest BCUT2D eigenvalue weighted by atomic mass is 32.2. The van der Waals surface area contributed by atoms with Crippen LogP contribution in [0.5, 0.6) is 0 Å². The number of sulfonamides is 1. The minimum atomic E-state index is -3.55. The standard InChI is InChI=1S/C11H12N2O3S/c1-3-7-13-11(14)9-5-4-6-10(8-9)17(15,16)12-2/h1,4-6,8,12H,7H2,2H3,(H,13,14). The second-order valence-electron chi connectivity index (χ2n) is 3.12. The molecule has 0 aliphatic rings. The van der Waals surface area contributed by atoms with Gasteiger partial charge in [0.15, 0.2) is 0 Å². The van der Waals surface area contributed by atoms with Gasteiger partial charge in [-0.1, -0.05) is 12.0 Å². The lowest BCUT2D eigenvalue weighted by Crippen LogP contribution is -2.24. The first-order valence-electron chi connectivity index (χ1n) is 4.76. The summed E-state index contributed by atoms with van der Waals surface area (Å²) in [7, 11) is -2.24. The second kappa shape index (κ2) is 5.48. The number of hydrogen-bond acceptors (Lipinski definition) is 3. The van der Waals surface area contributed by atoms with Gasteiger partial charge in [0, 0.05) is 5.56 Å². The molecule has 0 spiro atoms. The molecule has 0 aliphatic heterocycles. The fraction of sp³-hybridized carbons (Fsp3) is 0.182. The SMILES string of the molecule is C#CCNC(=O)c1cccc(S(=O)(=O)NC)c1. The molecular formula is C11H12N2O3S. The lowest BCUT2D eigenvalue weighted by Gasteiger charge is -2.05. The van der Waals surface area contributed by atoms with Crippen LogP contribution in [-0.4, -0.2) is 27.9 Å². The Labute approximate surface area is 100 Å². The lowest BCUT2D eigenvalue weighted by molar-refractivity contribution is 0.0958. The predicted octanol–water partition coefficient (Wildman–Crippen LogP) is -0.0423. The smallest absolute Gasteiger partial charge is 0.252 e. The van der Waals surface area contributed by atoms with Gasteiger partial charge in [0.2, 0.25) is 10.0 Å². The van der Waals surface area contributed by atoms with Crippen molar-refractivity contribution in [3.63, 3.8) is 0 Å². The predicted molar refractivity (Wildman–Crippen MR) is 63.9 cm³/mol. The summed E-state index contributed by atoms with van der Waals surface area (Å²) < 4.78 is 25.2. The van der Waals surface area contributed by atoms with Crippen molar-refractivity contribution in [1.29, 1.82) is 0 Å². The Kier molecular flexibility index (Phi) is 4.26. The van der Waals surface area contributed by atoms with Crippen molar-refractivity contribution in [3.05, 3.63) is 29.8 Å². The van der Waals surface area contributed by atoms with Crippen molar-refractivity contribution in [1.82, 2.24) is 10.0 Å². The number of hydrogen-bond donors (Lipinski definition) is 2. The van der Waals surface area contributed by atoms with Crippen molar-refractivity contribution >= 4 is 15.9 Å². The van der Waals surface area contributed by atoms with Crippen LogP contribution in [0.15, 0.2) is 29.2 Å². The molecule has 0 radical (unpaired) electrons. The summed E-state index contributed by atoms with van der Waals surface area (Å²) in [6.07, 6.45) is 5.00. The molecule has 90 valence electrons. The summed E-state index contributed by atoms with van der Waals surface area (Å²) in [4.78, 5) is 11.6. The van der Waals surface area contributed by atoms with E-state index in [1.807, 2.05) is 0 Å². The topological polar surface area (TPSA) is 75.3 Å². The fourth-order valence-electron chi connectivity index (χ4n) is 1.16. The molecule has 6 heteroatoms. The number of rotatable bonds is 4. The average Bonchev–Trinajstić information content (AvgIpc) is 2.36. The zero-order valence-corrected chi connectivity index (χ0v) is 10.0. The molecule has 5 nitrogen and oxygen atoms in total. The van der Waals surface area contributed by atoms with Crippen LogP contribution in [0.4, 0.5) is 0 Å². The van der Waals surface area contributed by atoms with Gasteiger partial charge in [-0.2, -0.15) is 0 Å². The Morgan fingerprint density at radius 2 is 2.18 bits per heavy atom. The highest BCUT2D eigenvalue weighted by Gasteiger charge is 2.13. The van der Waals surface area contributed by atoms with E-state index in [1.165, 1.54) is 31.3 Å². The van der Waals surface area contributed by atoms with Gasteiger partial charge < -0.3 is 5.32 Å². The van der Waals surface area contributed by atoms with Gasteiger partial charge in [-0.25, -0.2) is 13.1 Å². The number of amides is 1. The van der Waals surface area contributed by atoms with E-state index >= 15 is 0 Å². The molecule has 0 unspecified atom stereocenters. The van der Waals surface area contributed by atoms with E-state index in [0.717, 1.165) is 0 Å². The molecule has 0 heterocycles. The van der Waals surface area contributed by atoms with E-state index in [0.29, 0.717) is 0 Å². The normalized spacial score (nSPS) is 10.6. The molecule has 1 aromatic carbocycles. The summed E-state index contributed by atoms with van der Waals surface area (Å²) in [5.74, 6) is 1.86. The molecule has 1 amide bonds. The van der Waals surface area contributed by atoms with Gasteiger partial charge in [-0.3, -0.25) is 4.79 Å². The minimum absolute atomic E-state index is 0.0355. The highest BCUT2D eigenvalue weighted by Crippen LogP contribution is 2.10. The quantitative estimate of drug-likeness (QED) is 0.738. The number of terminal acetylenes is 1. The van der Waals surface area contributed by atoms with E-state index in [4.69, 9.17) is 6.42 Å². The van der Waals surface area contributed by atoms with Crippen LogP contribution in [-0.2, 0) is 10.0 Å². The first-order chi connectivity index (χ1) is 8.01. The molecule has 1 aromatic rings. The Hall–Kier alpha value is -1.84. The van der Waals surface area contributed by atoms with Gasteiger partial charge in [0.05, 0.1) is 11.4 Å². The van der Waals surface area contributed by atoms with Crippen molar-refractivity contribution in [2.45, 2.75) is 4.90 Å². The van der Waals surface area contributed by atoms with E-state index in [2.05, 4.69) is 16.0 Å². The molecule has 0 saturated carbocycles. The molecule has 17 heavy (non-hydrogen) atoms. The van der Waals surface area contributed by atoms with Gasteiger partial charge in [0.25, 0.3) is 5.91 Å². The van der Waals surface area contributed by atoms with E-state index in [-0.39, 0.29) is 17.0 Å². The highest BCUT2D eigenvalue weighted by molar-refractivity contribution is 7.89. The van der Waals surface area contributed by atoms with Crippen LogP contribution in [0, 0.1) is 12.3 Å². The van der Waals surface area contributed by atoms with Crippen LogP contribution in [0.3, 0.4) is 0 Å². The number of benzene rings is 1. The van der Waals surface area contributed by atoms with Crippen molar-refractivity contribution in [3.8, 4) is 12.3 Å². The fourth-order valence-corrected chi connectivity index (χ4v) is 1.93. The first kappa shape index (κ1) is 13.2.